The third-order valence-corrected chi connectivity index (χ3v) is 3.33. The van der Waals surface area contributed by atoms with Gasteiger partial charge < -0.3 is 9.67 Å². The van der Waals surface area contributed by atoms with Gasteiger partial charge in [-0.05, 0) is 24.6 Å². The number of carboxylic acid groups (broad SMARTS) is 1. The number of thioether (sulfide) groups is 1. The van der Waals surface area contributed by atoms with E-state index in [-0.39, 0.29) is 18.2 Å². The first-order chi connectivity index (χ1) is 7.58. The Morgan fingerprint density at radius 1 is 1.53 bits per heavy atom. The van der Waals surface area contributed by atoms with Crippen LogP contribution in [-0.4, -0.2) is 26.4 Å². The van der Waals surface area contributed by atoms with E-state index in [1.165, 1.54) is 17.3 Å². The molecule has 0 aliphatic heterocycles. The van der Waals surface area contributed by atoms with Gasteiger partial charge in [0, 0.05) is 7.05 Å². The minimum absolute atomic E-state index is 0. The summed E-state index contributed by atoms with van der Waals surface area (Å²) in [5.74, 6) is -0.788. The van der Waals surface area contributed by atoms with Crippen LogP contribution in [0.25, 0.3) is 11.0 Å². The third kappa shape index (κ3) is 2.92. The number of aliphatic carboxylic acids is 1. The van der Waals surface area contributed by atoms with Crippen molar-refractivity contribution in [3.05, 3.63) is 23.8 Å². The maximum Gasteiger partial charge on any atom is 0.313 e. The quantitative estimate of drug-likeness (QED) is 0.872. The number of carboxylic acids is 1. The molecule has 1 aromatic heterocycles. The maximum atomic E-state index is 10.5. The van der Waals surface area contributed by atoms with Crippen LogP contribution in [0.3, 0.4) is 0 Å². The first-order valence-corrected chi connectivity index (χ1v) is 5.84. The monoisotopic (exact) mass is 272 g/mol. The van der Waals surface area contributed by atoms with Crippen molar-refractivity contribution in [1.82, 2.24) is 9.55 Å². The molecule has 0 radical (unpaired) electrons. The zero-order valence-electron chi connectivity index (χ0n) is 9.51. The molecule has 0 saturated carbocycles. The van der Waals surface area contributed by atoms with E-state index in [4.69, 9.17) is 5.11 Å². The lowest BCUT2D eigenvalue weighted by atomic mass is 10.2. The second kappa shape index (κ2) is 5.42. The largest absolute Gasteiger partial charge is 0.481 e. The average molecular weight is 273 g/mol. The first kappa shape index (κ1) is 13.9. The highest BCUT2D eigenvalue weighted by atomic mass is 35.5. The van der Waals surface area contributed by atoms with Gasteiger partial charge in [0.15, 0.2) is 5.16 Å². The number of carbonyl (C=O) groups is 1. The van der Waals surface area contributed by atoms with E-state index < -0.39 is 5.97 Å². The molecule has 6 heteroatoms. The Labute approximate surface area is 109 Å². The zero-order valence-corrected chi connectivity index (χ0v) is 11.1. The summed E-state index contributed by atoms with van der Waals surface area (Å²) < 4.78 is 1.93. The molecular weight excluding hydrogens is 260 g/mol. The predicted octanol–water partition coefficient (Wildman–Crippen LogP) is 2.48. The van der Waals surface area contributed by atoms with E-state index in [9.17, 15) is 4.79 Å². The number of fused-ring (bicyclic) bond motifs is 1. The van der Waals surface area contributed by atoms with Gasteiger partial charge in [-0.25, -0.2) is 4.98 Å². The highest BCUT2D eigenvalue weighted by molar-refractivity contribution is 7.99. The van der Waals surface area contributed by atoms with Crippen molar-refractivity contribution in [1.29, 1.82) is 0 Å². The van der Waals surface area contributed by atoms with Crippen LogP contribution in [0, 0.1) is 6.92 Å². The molecule has 92 valence electrons. The SMILES string of the molecule is Cc1ccc2nc(SCC(=O)O)n(C)c2c1.Cl. The molecule has 0 unspecified atom stereocenters. The normalized spacial score (nSPS) is 10.2. The number of hydrogen-bond donors (Lipinski definition) is 1. The highest BCUT2D eigenvalue weighted by Crippen LogP contribution is 2.23. The number of nitrogens with zero attached hydrogens (tertiary/aromatic N) is 2. The van der Waals surface area contributed by atoms with Gasteiger partial charge in [-0.15, -0.1) is 12.4 Å². The van der Waals surface area contributed by atoms with Crippen LogP contribution >= 0.6 is 24.2 Å². The van der Waals surface area contributed by atoms with E-state index in [0.29, 0.717) is 0 Å². The Bertz CT molecular complexity index is 554. The average Bonchev–Trinajstić information content (AvgIpc) is 2.53. The van der Waals surface area contributed by atoms with Gasteiger partial charge in [0.1, 0.15) is 0 Å². The number of aromatic nitrogens is 2. The Hall–Kier alpha value is -1.20. The number of halogens is 1. The lowest BCUT2D eigenvalue weighted by molar-refractivity contribution is -0.133. The lowest BCUT2D eigenvalue weighted by Crippen LogP contribution is -2.00. The number of hydrogen-bond acceptors (Lipinski definition) is 3. The molecule has 2 aromatic rings. The third-order valence-electron chi connectivity index (χ3n) is 2.32. The van der Waals surface area contributed by atoms with E-state index in [1.807, 2.05) is 36.7 Å². The molecule has 0 fully saturated rings. The fraction of sp³-hybridized carbons (Fsp3) is 0.273. The van der Waals surface area contributed by atoms with Gasteiger partial charge in [-0.3, -0.25) is 4.79 Å². The van der Waals surface area contributed by atoms with Gasteiger partial charge in [0.25, 0.3) is 0 Å². The lowest BCUT2D eigenvalue weighted by Gasteiger charge is -1.99. The summed E-state index contributed by atoms with van der Waals surface area (Å²) in [5, 5.41) is 9.37. The molecule has 0 aliphatic rings. The van der Waals surface area contributed by atoms with E-state index in [1.54, 1.807) is 0 Å². The summed E-state index contributed by atoms with van der Waals surface area (Å²) >= 11 is 1.24. The van der Waals surface area contributed by atoms with Crippen molar-refractivity contribution in [2.45, 2.75) is 12.1 Å². The zero-order chi connectivity index (χ0) is 11.7. The Balaban J connectivity index is 0.00000144. The second-order valence-corrected chi connectivity index (χ2v) is 4.57. The predicted molar refractivity (Wildman–Crippen MR) is 71.1 cm³/mol. The summed E-state index contributed by atoms with van der Waals surface area (Å²) in [7, 11) is 1.90. The van der Waals surface area contributed by atoms with Gasteiger partial charge >= 0.3 is 5.97 Å². The number of rotatable bonds is 3. The van der Waals surface area contributed by atoms with Gasteiger partial charge in [0.05, 0.1) is 16.8 Å². The Kier molecular flexibility index (Phi) is 4.42. The van der Waals surface area contributed by atoms with E-state index in [2.05, 4.69) is 4.98 Å². The van der Waals surface area contributed by atoms with Crippen LogP contribution in [0.5, 0.6) is 0 Å². The van der Waals surface area contributed by atoms with E-state index in [0.717, 1.165) is 16.2 Å². The number of aryl methyl sites for hydroxylation is 2. The van der Waals surface area contributed by atoms with Crippen LogP contribution in [0.1, 0.15) is 5.56 Å². The van der Waals surface area contributed by atoms with Crippen molar-refractivity contribution in [3.8, 4) is 0 Å². The molecule has 0 bridgehead atoms. The second-order valence-electron chi connectivity index (χ2n) is 3.63. The van der Waals surface area contributed by atoms with Gasteiger partial charge in [-0.2, -0.15) is 0 Å². The standard InChI is InChI=1S/C11H12N2O2S.ClH/c1-7-3-4-8-9(5-7)13(2)11(12-8)16-6-10(14)15;/h3-5H,6H2,1-2H3,(H,14,15);1H. The molecule has 0 atom stereocenters. The molecule has 0 aliphatic carbocycles. The molecular formula is C11H13ClN2O2S. The van der Waals surface area contributed by atoms with Crippen molar-refractivity contribution in [2.75, 3.05) is 5.75 Å². The minimum Gasteiger partial charge on any atom is -0.481 e. The first-order valence-electron chi connectivity index (χ1n) is 4.85. The summed E-state index contributed by atoms with van der Waals surface area (Å²) in [5.41, 5.74) is 3.11. The van der Waals surface area contributed by atoms with Crippen LogP contribution in [0.15, 0.2) is 23.4 Å². The molecule has 0 saturated heterocycles. The van der Waals surface area contributed by atoms with Crippen molar-refractivity contribution >= 4 is 41.2 Å². The smallest absolute Gasteiger partial charge is 0.313 e. The molecule has 0 spiro atoms. The Morgan fingerprint density at radius 3 is 2.88 bits per heavy atom. The minimum atomic E-state index is -0.826. The number of imidazole rings is 1. The highest BCUT2D eigenvalue weighted by Gasteiger charge is 2.09. The Morgan fingerprint density at radius 2 is 2.24 bits per heavy atom. The molecule has 4 nitrogen and oxygen atoms in total. The van der Waals surface area contributed by atoms with E-state index >= 15 is 0 Å². The van der Waals surface area contributed by atoms with Crippen molar-refractivity contribution < 1.29 is 9.90 Å². The van der Waals surface area contributed by atoms with Gasteiger partial charge in [-0.1, -0.05) is 17.8 Å². The number of benzene rings is 1. The summed E-state index contributed by atoms with van der Waals surface area (Å²) in [6.45, 7) is 2.02. The molecule has 1 heterocycles. The topological polar surface area (TPSA) is 55.1 Å². The van der Waals surface area contributed by atoms with Crippen LogP contribution in [-0.2, 0) is 11.8 Å². The molecule has 0 amide bonds. The molecule has 1 N–H and O–H groups in total. The fourth-order valence-electron chi connectivity index (χ4n) is 1.53. The fourth-order valence-corrected chi connectivity index (χ4v) is 2.24. The molecule has 2 rings (SSSR count). The van der Waals surface area contributed by atoms with Crippen LogP contribution in [0.2, 0.25) is 0 Å². The maximum absolute atomic E-state index is 10.5. The molecule has 1 aromatic carbocycles. The molecule has 17 heavy (non-hydrogen) atoms. The summed E-state index contributed by atoms with van der Waals surface area (Å²) in [4.78, 5) is 14.9. The van der Waals surface area contributed by atoms with Gasteiger partial charge in [0.2, 0.25) is 0 Å². The van der Waals surface area contributed by atoms with Crippen molar-refractivity contribution in [2.24, 2.45) is 7.05 Å². The summed E-state index contributed by atoms with van der Waals surface area (Å²) in [6.07, 6.45) is 0. The van der Waals surface area contributed by atoms with Crippen molar-refractivity contribution in [3.63, 3.8) is 0 Å². The van der Waals surface area contributed by atoms with Crippen LogP contribution < -0.4 is 0 Å². The van der Waals surface area contributed by atoms with Crippen LogP contribution in [0.4, 0.5) is 0 Å². The summed E-state index contributed by atoms with van der Waals surface area (Å²) in [6, 6.07) is 6.00.